The van der Waals surface area contributed by atoms with Crippen LogP contribution >= 0.6 is 11.8 Å². The summed E-state index contributed by atoms with van der Waals surface area (Å²) in [6.45, 7) is 2.43. The second kappa shape index (κ2) is 9.49. The third kappa shape index (κ3) is 3.83. The van der Waals surface area contributed by atoms with E-state index in [-0.39, 0.29) is 18.1 Å². The standard InChI is InChI=1S/C25H26N2O6S/c1-5-33-17-8-6-16(7-9-17)25(29)14-34-24-19(13-26)18(12-22(28)27(24)25)15-10-20(30-2)23(32-4)21(11-15)31-3/h6-11,18,29H,5,12,14H2,1-4H3/t18-,25+/m1/s1. The number of hydrogen-bond donors (Lipinski definition) is 1. The van der Waals surface area contributed by atoms with Crippen molar-refractivity contribution in [1.29, 1.82) is 5.26 Å². The molecular weight excluding hydrogens is 456 g/mol. The van der Waals surface area contributed by atoms with E-state index in [1.165, 1.54) is 38.0 Å². The lowest BCUT2D eigenvalue weighted by molar-refractivity contribution is -0.149. The molecule has 2 heterocycles. The number of aliphatic hydroxyl groups is 1. The van der Waals surface area contributed by atoms with Gasteiger partial charge in [0.1, 0.15) is 5.75 Å². The molecule has 2 atom stereocenters. The Labute approximate surface area is 202 Å². The summed E-state index contributed by atoms with van der Waals surface area (Å²) in [7, 11) is 4.55. The number of thioether (sulfide) groups is 1. The number of nitriles is 1. The molecule has 0 saturated carbocycles. The van der Waals surface area contributed by atoms with Gasteiger partial charge in [0.25, 0.3) is 0 Å². The number of methoxy groups -OCH3 is 3. The van der Waals surface area contributed by atoms with E-state index in [1.807, 2.05) is 6.92 Å². The lowest BCUT2D eigenvalue weighted by Gasteiger charge is -2.38. The van der Waals surface area contributed by atoms with Crippen molar-refractivity contribution in [3.8, 4) is 29.1 Å². The molecule has 1 saturated heterocycles. The molecule has 0 spiro atoms. The number of nitrogens with zero attached hydrogens (tertiary/aromatic N) is 2. The van der Waals surface area contributed by atoms with Gasteiger partial charge in [0, 0.05) is 17.9 Å². The molecule has 0 unspecified atom stereocenters. The molecule has 2 aromatic carbocycles. The van der Waals surface area contributed by atoms with Gasteiger partial charge < -0.3 is 24.1 Å². The Bertz CT molecular complexity index is 1150. The maximum atomic E-state index is 13.4. The Balaban J connectivity index is 1.77. The van der Waals surface area contributed by atoms with Gasteiger partial charge in [0.05, 0.1) is 50.4 Å². The van der Waals surface area contributed by atoms with Gasteiger partial charge in [0.15, 0.2) is 17.2 Å². The van der Waals surface area contributed by atoms with Crippen molar-refractivity contribution in [1.82, 2.24) is 4.90 Å². The number of fused-ring (bicyclic) bond motifs is 1. The second-order valence-electron chi connectivity index (χ2n) is 7.84. The highest BCUT2D eigenvalue weighted by atomic mass is 32.2. The zero-order valence-corrected chi connectivity index (χ0v) is 20.3. The average Bonchev–Trinajstić information content (AvgIpc) is 3.22. The van der Waals surface area contributed by atoms with Crippen molar-refractivity contribution in [3.05, 3.63) is 58.1 Å². The normalized spacial score (nSPS) is 21.7. The molecule has 0 aromatic heterocycles. The van der Waals surface area contributed by atoms with E-state index in [1.54, 1.807) is 36.4 Å². The lowest BCUT2D eigenvalue weighted by Crippen LogP contribution is -2.48. The fraction of sp³-hybridized carbons (Fsp3) is 0.360. The fourth-order valence-corrected chi connectivity index (χ4v) is 5.77. The molecular formula is C25H26N2O6S. The van der Waals surface area contributed by atoms with Gasteiger partial charge in [0.2, 0.25) is 11.7 Å². The minimum absolute atomic E-state index is 0.0188. The Morgan fingerprint density at radius 2 is 1.79 bits per heavy atom. The summed E-state index contributed by atoms with van der Waals surface area (Å²) < 4.78 is 21.8. The molecule has 8 nitrogen and oxygen atoms in total. The van der Waals surface area contributed by atoms with Crippen LogP contribution in [0.25, 0.3) is 0 Å². The van der Waals surface area contributed by atoms with Gasteiger partial charge in [-0.1, -0.05) is 12.1 Å². The van der Waals surface area contributed by atoms with Gasteiger partial charge in [-0.05, 0) is 36.8 Å². The first-order valence-electron chi connectivity index (χ1n) is 10.8. The Hall–Kier alpha value is -3.35. The van der Waals surface area contributed by atoms with Crippen LogP contribution in [0.3, 0.4) is 0 Å². The van der Waals surface area contributed by atoms with Crippen molar-refractivity contribution in [2.75, 3.05) is 33.7 Å². The third-order valence-electron chi connectivity index (χ3n) is 6.03. The van der Waals surface area contributed by atoms with Gasteiger partial charge >= 0.3 is 0 Å². The molecule has 0 aliphatic carbocycles. The number of allylic oxidation sites excluding steroid dienone is 1. The highest BCUT2D eigenvalue weighted by molar-refractivity contribution is 8.03. The van der Waals surface area contributed by atoms with E-state index >= 15 is 0 Å². The number of hydrogen-bond acceptors (Lipinski definition) is 8. The lowest BCUT2D eigenvalue weighted by atomic mass is 9.85. The summed E-state index contributed by atoms with van der Waals surface area (Å²) in [6.07, 6.45) is 0.0188. The summed E-state index contributed by atoms with van der Waals surface area (Å²) in [5, 5.41) is 22.2. The highest BCUT2D eigenvalue weighted by Gasteiger charge is 2.52. The Morgan fingerprint density at radius 3 is 2.32 bits per heavy atom. The molecule has 2 aliphatic rings. The monoisotopic (exact) mass is 482 g/mol. The van der Waals surface area contributed by atoms with Gasteiger partial charge in [-0.25, -0.2) is 0 Å². The first kappa shape index (κ1) is 23.8. The van der Waals surface area contributed by atoms with Crippen molar-refractivity contribution in [2.24, 2.45) is 0 Å². The van der Waals surface area contributed by atoms with E-state index in [9.17, 15) is 15.2 Å². The van der Waals surface area contributed by atoms with E-state index in [4.69, 9.17) is 18.9 Å². The SMILES string of the molecule is CCOc1ccc([C@@]2(O)CSC3=C(C#N)[C@@H](c4cc(OC)c(OC)c(OC)c4)CC(=O)N32)cc1. The van der Waals surface area contributed by atoms with Crippen molar-refractivity contribution < 1.29 is 28.8 Å². The van der Waals surface area contributed by atoms with E-state index in [2.05, 4.69) is 6.07 Å². The molecule has 34 heavy (non-hydrogen) atoms. The number of rotatable bonds is 7. The minimum atomic E-state index is -1.55. The number of ether oxygens (including phenoxy) is 4. The van der Waals surface area contributed by atoms with E-state index in [0.717, 1.165) is 0 Å². The summed E-state index contributed by atoms with van der Waals surface area (Å²) in [6, 6.07) is 12.8. The van der Waals surface area contributed by atoms with Crippen LogP contribution < -0.4 is 18.9 Å². The van der Waals surface area contributed by atoms with Gasteiger partial charge in [-0.2, -0.15) is 5.26 Å². The Morgan fingerprint density at radius 1 is 1.15 bits per heavy atom. The van der Waals surface area contributed by atoms with Crippen molar-refractivity contribution >= 4 is 17.7 Å². The van der Waals surface area contributed by atoms with E-state index in [0.29, 0.717) is 51.3 Å². The molecule has 1 N–H and O–H groups in total. The highest BCUT2D eigenvalue weighted by Crippen LogP contribution is 2.53. The molecule has 1 fully saturated rings. The molecule has 178 valence electrons. The maximum Gasteiger partial charge on any atom is 0.231 e. The zero-order valence-electron chi connectivity index (χ0n) is 19.5. The van der Waals surface area contributed by atoms with Crippen LogP contribution in [0.2, 0.25) is 0 Å². The van der Waals surface area contributed by atoms with Crippen LogP contribution in [-0.2, 0) is 10.5 Å². The summed E-state index contributed by atoms with van der Waals surface area (Å²) >= 11 is 1.30. The molecule has 2 aromatic rings. The fourth-order valence-electron chi connectivity index (χ4n) is 4.41. The van der Waals surface area contributed by atoms with Crippen LogP contribution in [0.4, 0.5) is 0 Å². The van der Waals surface area contributed by atoms with Crippen molar-refractivity contribution in [2.45, 2.75) is 25.0 Å². The van der Waals surface area contributed by atoms with Crippen LogP contribution in [0.1, 0.15) is 30.4 Å². The molecule has 0 radical (unpaired) electrons. The van der Waals surface area contributed by atoms with Gasteiger partial charge in [-0.3, -0.25) is 9.69 Å². The number of benzene rings is 2. The number of amides is 1. The van der Waals surface area contributed by atoms with Crippen molar-refractivity contribution in [3.63, 3.8) is 0 Å². The Kier molecular flexibility index (Phi) is 6.64. The number of carbonyl (C=O) groups excluding carboxylic acids is 1. The van der Waals surface area contributed by atoms with Crippen LogP contribution in [0, 0.1) is 11.3 Å². The molecule has 9 heteroatoms. The zero-order chi connectivity index (χ0) is 24.5. The first-order valence-corrected chi connectivity index (χ1v) is 11.8. The topological polar surface area (TPSA) is 101 Å². The van der Waals surface area contributed by atoms with Crippen LogP contribution in [0.5, 0.6) is 23.0 Å². The van der Waals surface area contributed by atoms with Crippen LogP contribution in [-0.4, -0.2) is 49.6 Å². The second-order valence-corrected chi connectivity index (χ2v) is 8.80. The third-order valence-corrected chi connectivity index (χ3v) is 7.25. The van der Waals surface area contributed by atoms with Gasteiger partial charge in [-0.15, -0.1) is 11.8 Å². The largest absolute Gasteiger partial charge is 0.494 e. The predicted octanol–water partition coefficient (Wildman–Crippen LogP) is 3.75. The number of carbonyl (C=O) groups is 1. The average molecular weight is 483 g/mol. The summed E-state index contributed by atoms with van der Waals surface area (Å²) in [5.74, 6) is 1.44. The molecule has 1 amide bonds. The smallest absolute Gasteiger partial charge is 0.231 e. The molecule has 4 rings (SSSR count). The van der Waals surface area contributed by atoms with E-state index < -0.39 is 11.6 Å². The molecule has 0 bridgehead atoms. The van der Waals surface area contributed by atoms with Crippen LogP contribution in [0.15, 0.2) is 47.0 Å². The maximum absolute atomic E-state index is 13.4. The minimum Gasteiger partial charge on any atom is -0.494 e. The first-order chi connectivity index (χ1) is 16.4. The summed E-state index contributed by atoms with van der Waals surface area (Å²) in [4.78, 5) is 14.8. The quantitative estimate of drug-likeness (QED) is 0.637. The predicted molar refractivity (Wildman–Crippen MR) is 127 cm³/mol. The molecule has 2 aliphatic heterocycles. The summed E-state index contributed by atoms with van der Waals surface area (Å²) in [5.41, 5.74) is 0.129.